The van der Waals surface area contributed by atoms with Gasteiger partial charge in [0.2, 0.25) is 0 Å². The molecule has 3 aromatic carbocycles. The summed E-state index contributed by atoms with van der Waals surface area (Å²) in [6.45, 7) is 3.96. The molecule has 1 saturated heterocycles. The van der Waals surface area contributed by atoms with Gasteiger partial charge >= 0.3 is 0 Å². The summed E-state index contributed by atoms with van der Waals surface area (Å²) >= 11 is 0. The Bertz CT molecular complexity index is 1210. The molecule has 1 heterocycles. The molecule has 0 amide bonds. The Morgan fingerprint density at radius 1 is 0.919 bits per heavy atom. The third-order valence-corrected chi connectivity index (χ3v) is 7.28. The van der Waals surface area contributed by atoms with Gasteiger partial charge in [0.15, 0.2) is 11.6 Å². The maximum Gasteiger partial charge on any atom is 0.167 e. The molecule has 37 heavy (non-hydrogen) atoms. The molecule has 7 heteroatoms. The lowest BCUT2D eigenvalue weighted by Crippen LogP contribution is -2.51. The predicted octanol–water partition coefficient (Wildman–Crippen LogP) is 4.55. The van der Waals surface area contributed by atoms with Crippen LogP contribution >= 0.6 is 0 Å². The minimum absolute atomic E-state index is 0.0154. The summed E-state index contributed by atoms with van der Waals surface area (Å²) in [6, 6.07) is 17.2. The summed E-state index contributed by atoms with van der Waals surface area (Å²) in [5.41, 5.74) is 1.75. The maximum atomic E-state index is 14.8. The van der Waals surface area contributed by atoms with Crippen LogP contribution in [0.3, 0.4) is 0 Å². The molecule has 0 unspecified atom stereocenters. The van der Waals surface area contributed by atoms with Crippen LogP contribution in [0.25, 0.3) is 0 Å². The number of phenolic OH excluding ortho intramolecular Hbond substituents is 2. The number of rotatable bonds is 9. The number of carbonyl (C=O) groups is 2. The molecule has 0 radical (unpaired) electrons. The molecule has 0 aromatic heterocycles. The van der Waals surface area contributed by atoms with Crippen LogP contribution < -0.4 is 5.32 Å². The van der Waals surface area contributed by atoms with Gasteiger partial charge in [-0.3, -0.25) is 9.59 Å². The number of hydrogen-bond acceptors (Lipinski definition) is 6. The van der Waals surface area contributed by atoms with E-state index in [-0.39, 0.29) is 28.9 Å². The van der Waals surface area contributed by atoms with Crippen molar-refractivity contribution < 1.29 is 24.2 Å². The van der Waals surface area contributed by atoms with Crippen LogP contribution in [0.5, 0.6) is 11.5 Å². The molecular formula is C30H33FN2O4. The zero-order chi connectivity index (χ0) is 26.5. The molecule has 1 aliphatic heterocycles. The lowest BCUT2D eigenvalue weighted by atomic mass is 9.67. The van der Waals surface area contributed by atoms with Gasteiger partial charge in [-0.05, 0) is 74.9 Å². The Labute approximate surface area is 216 Å². The highest BCUT2D eigenvalue weighted by Crippen LogP contribution is 2.42. The predicted molar refractivity (Wildman–Crippen MR) is 141 cm³/mol. The average molecular weight is 505 g/mol. The molecule has 0 aliphatic carbocycles. The van der Waals surface area contributed by atoms with Gasteiger partial charge in [-0.1, -0.05) is 36.4 Å². The largest absolute Gasteiger partial charge is 0.508 e. The number of halogens is 1. The summed E-state index contributed by atoms with van der Waals surface area (Å²) in [4.78, 5) is 30.1. The van der Waals surface area contributed by atoms with E-state index in [4.69, 9.17) is 0 Å². The van der Waals surface area contributed by atoms with Gasteiger partial charge in [0.05, 0.1) is 0 Å². The number of Topliss-reactive ketones (excluding diaryl/α,β-unsaturated/α-hetero) is 2. The van der Waals surface area contributed by atoms with Crippen LogP contribution in [0.15, 0.2) is 66.7 Å². The van der Waals surface area contributed by atoms with E-state index in [2.05, 4.69) is 10.2 Å². The zero-order valence-electron chi connectivity index (χ0n) is 21.2. The fraction of sp³-hybridized carbons (Fsp3) is 0.333. The first-order chi connectivity index (χ1) is 17.8. The third kappa shape index (κ3) is 5.89. The monoisotopic (exact) mass is 504 g/mol. The minimum atomic E-state index is -0.642. The normalized spacial score (nSPS) is 18.6. The fourth-order valence-corrected chi connectivity index (χ4v) is 5.46. The fourth-order valence-electron chi connectivity index (χ4n) is 5.46. The molecule has 1 aliphatic rings. The van der Waals surface area contributed by atoms with Crippen molar-refractivity contribution in [2.45, 2.75) is 19.3 Å². The van der Waals surface area contributed by atoms with Crippen LogP contribution in [-0.4, -0.2) is 59.9 Å². The molecule has 2 atom stereocenters. The highest BCUT2D eigenvalue weighted by Gasteiger charge is 2.45. The molecule has 0 spiro atoms. The van der Waals surface area contributed by atoms with Crippen LogP contribution in [0.4, 0.5) is 4.39 Å². The van der Waals surface area contributed by atoms with Crippen molar-refractivity contribution in [3.05, 3.63) is 94.8 Å². The van der Waals surface area contributed by atoms with Crippen molar-refractivity contribution in [3.63, 3.8) is 0 Å². The van der Waals surface area contributed by atoms with E-state index in [1.807, 2.05) is 7.05 Å². The first-order valence-corrected chi connectivity index (χ1v) is 12.6. The number of benzene rings is 3. The molecule has 3 aromatic rings. The molecule has 1 fully saturated rings. The Morgan fingerprint density at radius 3 is 1.97 bits per heavy atom. The topological polar surface area (TPSA) is 89.9 Å². The molecular weight excluding hydrogens is 471 g/mol. The van der Waals surface area contributed by atoms with Crippen molar-refractivity contribution in [3.8, 4) is 11.5 Å². The Hall–Kier alpha value is -3.55. The Kier molecular flexibility index (Phi) is 8.36. The van der Waals surface area contributed by atoms with Gasteiger partial charge in [-0.2, -0.15) is 0 Å². The first-order valence-electron chi connectivity index (χ1n) is 12.6. The van der Waals surface area contributed by atoms with Gasteiger partial charge in [-0.15, -0.1) is 0 Å². The van der Waals surface area contributed by atoms with E-state index in [1.165, 1.54) is 30.3 Å². The van der Waals surface area contributed by atoms with Crippen molar-refractivity contribution >= 4 is 11.6 Å². The van der Waals surface area contributed by atoms with Crippen LogP contribution in [-0.2, 0) is 0 Å². The van der Waals surface area contributed by atoms with E-state index in [9.17, 15) is 24.2 Å². The summed E-state index contributed by atoms with van der Waals surface area (Å²) in [6.07, 6.45) is 0.834. The summed E-state index contributed by atoms with van der Waals surface area (Å²) < 4.78 is 14.8. The van der Waals surface area contributed by atoms with Gasteiger partial charge in [-0.25, -0.2) is 4.39 Å². The minimum Gasteiger partial charge on any atom is -0.508 e. The second-order valence-electron chi connectivity index (χ2n) is 9.74. The maximum absolute atomic E-state index is 14.8. The molecule has 194 valence electrons. The quantitative estimate of drug-likeness (QED) is 0.293. The number of nitrogens with one attached hydrogen (secondary N) is 1. The second kappa shape index (κ2) is 11.7. The van der Waals surface area contributed by atoms with Crippen molar-refractivity contribution in [1.29, 1.82) is 0 Å². The Balaban J connectivity index is 1.83. The van der Waals surface area contributed by atoms with Gasteiger partial charge in [0.25, 0.3) is 0 Å². The summed E-state index contributed by atoms with van der Waals surface area (Å²) in [5, 5.41) is 23.2. The number of carbonyl (C=O) groups excluding carboxylic acids is 2. The molecule has 0 saturated carbocycles. The summed E-state index contributed by atoms with van der Waals surface area (Å²) in [7, 11) is 1.88. The number of aromatic hydroxyl groups is 2. The summed E-state index contributed by atoms with van der Waals surface area (Å²) in [5.74, 6) is -2.68. The lowest BCUT2D eigenvalue weighted by molar-refractivity contribution is 0.0569. The van der Waals surface area contributed by atoms with E-state index >= 15 is 0 Å². The van der Waals surface area contributed by atoms with Gasteiger partial charge < -0.3 is 20.4 Å². The van der Waals surface area contributed by atoms with Crippen LogP contribution in [0.2, 0.25) is 0 Å². The SMILES string of the molecule is CNCCCN1C[C@H](C(=O)c2cccc(O)c2)C(c2cccc(F)c2C)[C@@H](C(=O)c2cccc(O)c2)C1. The number of hydrogen-bond donors (Lipinski definition) is 3. The number of ketones is 2. The standard InChI is InChI=1S/C30H33FN2O4/c1-19-24(11-5-12-27(19)31)28-25(29(36)20-7-3-9-22(34)15-20)17-33(14-6-13-32-2)18-26(28)30(37)21-8-4-10-23(35)16-21/h3-5,7-12,15-16,25-26,28,32,34-35H,6,13-14,17-18H2,1-2H3/t25-,26-/m0/s1. The molecule has 4 rings (SSSR count). The van der Waals surface area contributed by atoms with E-state index in [0.717, 1.165) is 13.0 Å². The van der Waals surface area contributed by atoms with Gasteiger partial charge in [0.1, 0.15) is 17.3 Å². The number of likely N-dealkylation sites (tertiary alicyclic amines) is 1. The van der Waals surface area contributed by atoms with E-state index in [0.29, 0.717) is 41.9 Å². The Morgan fingerprint density at radius 2 is 1.46 bits per heavy atom. The third-order valence-electron chi connectivity index (χ3n) is 7.28. The van der Waals surface area contributed by atoms with E-state index in [1.54, 1.807) is 43.3 Å². The molecule has 3 N–H and O–H groups in total. The van der Waals surface area contributed by atoms with Crippen molar-refractivity contribution in [1.82, 2.24) is 10.2 Å². The average Bonchev–Trinajstić information content (AvgIpc) is 2.89. The number of nitrogens with zero attached hydrogens (tertiary/aromatic N) is 1. The van der Waals surface area contributed by atoms with Crippen LogP contribution in [0, 0.1) is 24.6 Å². The van der Waals surface area contributed by atoms with Crippen molar-refractivity contribution in [2.24, 2.45) is 11.8 Å². The molecule has 0 bridgehead atoms. The number of piperidine rings is 1. The van der Waals surface area contributed by atoms with Crippen LogP contribution in [0.1, 0.15) is 44.2 Å². The van der Waals surface area contributed by atoms with Gasteiger partial charge in [0, 0.05) is 42.0 Å². The second-order valence-corrected chi connectivity index (χ2v) is 9.74. The number of phenols is 2. The molecule has 6 nitrogen and oxygen atoms in total. The highest BCUT2D eigenvalue weighted by atomic mass is 19.1. The highest BCUT2D eigenvalue weighted by molar-refractivity contribution is 6.02. The zero-order valence-corrected chi connectivity index (χ0v) is 21.2. The van der Waals surface area contributed by atoms with Crippen molar-refractivity contribution in [2.75, 3.05) is 33.2 Å². The van der Waals surface area contributed by atoms with E-state index < -0.39 is 17.8 Å². The smallest absolute Gasteiger partial charge is 0.167 e. The first kappa shape index (κ1) is 26.5. The lowest BCUT2D eigenvalue weighted by Gasteiger charge is -2.43.